The normalized spacial score (nSPS) is 10.7. The van der Waals surface area contributed by atoms with Crippen molar-refractivity contribution in [3.8, 4) is 6.07 Å². The van der Waals surface area contributed by atoms with Crippen LogP contribution >= 0.6 is 0 Å². The highest BCUT2D eigenvalue weighted by Crippen LogP contribution is 1.99. The number of hydrogen-bond donors (Lipinski definition) is 2. The number of rotatable bonds is 8. The van der Waals surface area contributed by atoms with Gasteiger partial charge in [-0.25, -0.2) is 0 Å². The summed E-state index contributed by atoms with van der Waals surface area (Å²) in [4.78, 5) is 24.2. The topological polar surface area (TPSA) is 108 Å². The quantitative estimate of drug-likeness (QED) is 0.345. The molecule has 7 heteroatoms. The zero-order valence-electron chi connectivity index (χ0n) is 11.3. The van der Waals surface area contributed by atoms with Crippen molar-refractivity contribution >= 4 is 11.8 Å². The van der Waals surface area contributed by atoms with E-state index in [1.165, 1.54) is 18.0 Å². The minimum Gasteiger partial charge on any atom is -0.385 e. The molecule has 0 saturated heterocycles. The smallest absolute Gasteiger partial charge is 0.263 e. The molecule has 0 rings (SSSR count). The van der Waals surface area contributed by atoms with Crippen molar-refractivity contribution in [1.82, 2.24) is 10.2 Å². The van der Waals surface area contributed by atoms with Gasteiger partial charge in [-0.3, -0.25) is 9.59 Å². The molecule has 3 N–H and O–H groups in total. The second-order valence-corrected chi connectivity index (χ2v) is 3.76. The molecule has 0 aromatic rings. The Kier molecular flexibility index (Phi) is 9.04. The Balaban J connectivity index is 4.56. The third-order valence-electron chi connectivity index (χ3n) is 2.24. The zero-order valence-corrected chi connectivity index (χ0v) is 11.3. The molecule has 0 bridgehead atoms. The van der Waals surface area contributed by atoms with Crippen LogP contribution in [-0.2, 0) is 14.3 Å². The van der Waals surface area contributed by atoms with Gasteiger partial charge >= 0.3 is 0 Å². The van der Waals surface area contributed by atoms with Crippen molar-refractivity contribution in [1.29, 1.82) is 5.26 Å². The Bertz CT molecular complexity index is 374. The fourth-order valence-electron chi connectivity index (χ4n) is 1.26. The van der Waals surface area contributed by atoms with Crippen LogP contribution in [0.1, 0.15) is 13.3 Å². The van der Waals surface area contributed by atoms with E-state index < -0.39 is 5.91 Å². The highest BCUT2D eigenvalue weighted by atomic mass is 16.5. The van der Waals surface area contributed by atoms with Crippen molar-refractivity contribution in [2.24, 2.45) is 5.73 Å². The highest BCUT2D eigenvalue weighted by molar-refractivity contribution is 5.97. The first-order valence-electron chi connectivity index (χ1n) is 5.93. The lowest BCUT2D eigenvalue weighted by Crippen LogP contribution is -2.32. The van der Waals surface area contributed by atoms with Crippen LogP contribution in [-0.4, -0.2) is 50.1 Å². The van der Waals surface area contributed by atoms with Gasteiger partial charge in [0.1, 0.15) is 11.6 Å². The number of carbonyl (C=O) groups excluding carboxylic acids is 2. The van der Waals surface area contributed by atoms with E-state index in [-0.39, 0.29) is 24.6 Å². The number of ether oxygens (including phenoxy) is 1. The number of carbonyl (C=O) groups is 2. The lowest BCUT2D eigenvalue weighted by atomic mass is 10.2. The maximum atomic E-state index is 11.7. The van der Waals surface area contributed by atoms with Gasteiger partial charge in [-0.1, -0.05) is 0 Å². The van der Waals surface area contributed by atoms with Crippen molar-refractivity contribution in [2.45, 2.75) is 13.3 Å². The molecule has 2 amide bonds. The van der Waals surface area contributed by atoms with Crippen LogP contribution in [0.5, 0.6) is 0 Å². The predicted octanol–water partition coefficient (Wildman–Crippen LogP) is -0.646. The molecule has 0 spiro atoms. The molecular formula is C12H20N4O3. The first-order valence-corrected chi connectivity index (χ1v) is 5.93. The summed E-state index contributed by atoms with van der Waals surface area (Å²) in [5.74, 6) is -0.785. The molecule has 0 aromatic heterocycles. The Morgan fingerprint density at radius 2 is 2.21 bits per heavy atom. The van der Waals surface area contributed by atoms with Crippen molar-refractivity contribution in [2.75, 3.05) is 33.4 Å². The number of nitrogens with one attached hydrogen (secondary N) is 1. The summed E-state index contributed by atoms with van der Waals surface area (Å²) in [6.07, 6.45) is 1.88. The van der Waals surface area contributed by atoms with Gasteiger partial charge in [0.05, 0.1) is 0 Å². The largest absolute Gasteiger partial charge is 0.385 e. The predicted molar refractivity (Wildman–Crippen MR) is 69.6 cm³/mol. The number of amides is 2. The van der Waals surface area contributed by atoms with E-state index in [1.54, 1.807) is 13.2 Å². The van der Waals surface area contributed by atoms with Crippen LogP contribution in [0.2, 0.25) is 0 Å². The van der Waals surface area contributed by atoms with Crippen LogP contribution < -0.4 is 11.1 Å². The molecule has 7 nitrogen and oxygen atoms in total. The second kappa shape index (κ2) is 10.1. The van der Waals surface area contributed by atoms with Crippen LogP contribution in [0.15, 0.2) is 11.8 Å². The Morgan fingerprint density at radius 1 is 1.53 bits per heavy atom. The standard InChI is InChI=1S/C12H20N4O3/c1-10(17)16(6-4-13)9-11(8-14)12(18)15-5-3-7-19-2/h9H,3-7,13H2,1-2H3,(H,15,18)/b11-9-. The third kappa shape index (κ3) is 7.18. The summed E-state index contributed by atoms with van der Waals surface area (Å²) >= 11 is 0. The van der Waals surface area contributed by atoms with Crippen molar-refractivity contribution in [3.05, 3.63) is 11.8 Å². The number of nitriles is 1. The van der Waals surface area contributed by atoms with Gasteiger partial charge in [0.25, 0.3) is 5.91 Å². The van der Waals surface area contributed by atoms with Gasteiger partial charge in [-0.15, -0.1) is 0 Å². The summed E-state index contributed by atoms with van der Waals surface area (Å²) in [5.41, 5.74) is 5.23. The first-order chi connectivity index (χ1) is 9.06. The lowest BCUT2D eigenvalue weighted by Gasteiger charge is -2.15. The molecule has 19 heavy (non-hydrogen) atoms. The van der Waals surface area contributed by atoms with Gasteiger partial charge in [-0.2, -0.15) is 5.26 Å². The Labute approximate surface area is 113 Å². The summed E-state index contributed by atoms with van der Waals surface area (Å²) in [6.45, 7) is 2.79. The van der Waals surface area contributed by atoms with Crippen LogP contribution in [0.3, 0.4) is 0 Å². The lowest BCUT2D eigenvalue weighted by molar-refractivity contribution is -0.126. The zero-order chi connectivity index (χ0) is 14.7. The average Bonchev–Trinajstić information content (AvgIpc) is 2.39. The maximum Gasteiger partial charge on any atom is 0.263 e. The second-order valence-electron chi connectivity index (χ2n) is 3.76. The number of nitrogens with two attached hydrogens (primary N) is 1. The molecule has 0 radical (unpaired) electrons. The van der Waals surface area contributed by atoms with Gasteiger partial charge in [-0.05, 0) is 6.42 Å². The molecule has 0 aliphatic heterocycles. The molecular weight excluding hydrogens is 248 g/mol. The minimum absolute atomic E-state index is 0.124. The van der Waals surface area contributed by atoms with Gasteiger partial charge in [0.15, 0.2) is 0 Å². The van der Waals surface area contributed by atoms with E-state index >= 15 is 0 Å². The molecule has 0 heterocycles. The molecule has 0 aliphatic rings. The van der Waals surface area contributed by atoms with Gasteiger partial charge in [0.2, 0.25) is 5.91 Å². The van der Waals surface area contributed by atoms with Gasteiger partial charge < -0.3 is 20.7 Å². The molecule has 0 aromatic carbocycles. The monoisotopic (exact) mass is 268 g/mol. The van der Waals surface area contributed by atoms with Crippen LogP contribution in [0.4, 0.5) is 0 Å². The summed E-state index contributed by atoms with van der Waals surface area (Å²) in [7, 11) is 1.57. The summed E-state index contributed by atoms with van der Waals surface area (Å²) in [5, 5.41) is 11.5. The molecule has 106 valence electrons. The van der Waals surface area contributed by atoms with E-state index in [0.29, 0.717) is 19.6 Å². The first kappa shape index (κ1) is 17.1. The van der Waals surface area contributed by atoms with E-state index in [9.17, 15) is 9.59 Å². The third-order valence-corrected chi connectivity index (χ3v) is 2.24. The van der Waals surface area contributed by atoms with Crippen LogP contribution in [0, 0.1) is 11.3 Å². The summed E-state index contributed by atoms with van der Waals surface area (Å²) < 4.78 is 4.84. The highest BCUT2D eigenvalue weighted by Gasteiger charge is 2.12. The SMILES string of the molecule is COCCCNC(=O)/C(C#N)=C\N(CCN)C(C)=O. The maximum absolute atomic E-state index is 11.7. The molecule has 0 saturated carbocycles. The molecule has 0 aliphatic carbocycles. The van der Waals surface area contributed by atoms with E-state index in [4.69, 9.17) is 15.7 Å². The Morgan fingerprint density at radius 3 is 2.68 bits per heavy atom. The molecule has 0 fully saturated rings. The number of nitrogens with zero attached hydrogens (tertiary/aromatic N) is 2. The summed E-state index contributed by atoms with van der Waals surface area (Å²) in [6, 6.07) is 1.77. The molecule has 0 atom stereocenters. The van der Waals surface area contributed by atoms with E-state index in [1.807, 2.05) is 0 Å². The van der Waals surface area contributed by atoms with E-state index in [0.717, 1.165) is 0 Å². The van der Waals surface area contributed by atoms with Gasteiger partial charge in [0, 0.05) is 46.5 Å². The van der Waals surface area contributed by atoms with Crippen molar-refractivity contribution < 1.29 is 14.3 Å². The Hall–Kier alpha value is -1.91. The van der Waals surface area contributed by atoms with Crippen molar-refractivity contribution in [3.63, 3.8) is 0 Å². The fourth-order valence-corrected chi connectivity index (χ4v) is 1.26. The number of hydrogen-bond acceptors (Lipinski definition) is 5. The average molecular weight is 268 g/mol. The fraction of sp³-hybridized carbons (Fsp3) is 0.583. The van der Waals surface area contributed by atoms with E-state index in [2.05, 4.69) is 5.32 Å². The number of methoxy groups -OCH3 is 1. The molecule has 0 unspecified atom stereocenters. The van der Waals surface area contributed by atoms with Crippen LogP contribution in [0.25, 0.3) is 0 Å². The minimum atomic E-state index is -0.512.